The number of halogens is 3. The van der Waals surface area contributed by atoms with Gasteiger partial charge in [0.15, 0.2) is 10.9 Å². The topological polar surface area (TPSA) is 79.6 Å². The Morgan fingerprint density at radius 1 is 1.17 bits per heavy atom. The summed E-state index contributed by atoms with van der Waals surface area (Å²) in [5.41, 5.74) is -0.251. The lowest BCUT2D eigenvalue weighted by Gasteiger charge is -2.34. The number of rotatable bonds is 3. The molecule has 29 heavy (non-hydrogen) atoms. The van der Waals surface area contributed by atoms with Gasteiger partial charge in [-0.3, -0.25) is 14.9 Å². The number of anilines is 1. The molecular formula is C18H13ClF2N4O3S. The van der Waals surface area contributed by atoms with E-state index < -0.39 is 22.5 Å². The van der Waals surface area contributed by atoms with Crippen LogP contribution in [0.15, 0.2) is 30.3 Å². The van der Waals surface area contributed by atoms with Gasteiger partial charge in [0.25, 0.3) is 11.6 Å². The minimum Gasteiger partial charge on any atom is -0.345 e. The zero-order valence-electron chi connectivity index (χ0n) is 14.8. The SMILES string of the molecule is O=C(c1cc(Cl)ccc1[N+](=O)[O-])N1CCN(c2nc3c(F)cc(F)cc3s2)CC1. The van der Waals surface area contributed by atoms with Crippen molar-refractivity contribution in [3.05, 3.63) is 62.7 Å². The Labute approximate surface area is 172 Å². The molecule has 150 valence electrons. The molecule has 0 radical (unpaired) electrons. The molecule has 1 amide bonds. The Hall–Kier alpha value is -2.85. The highest BCUT2D eigenvalue weighted by Crippen LogP contribution is 2.32. The Kier molecular flexibility index (Phi) is 5.05. The van der Waals surface area contributed by atoms with E-state index in [1.54, 1.807) is 0 Å². The quantitative estimate of drug-likeness (QED) is 0.454. The number of hydrogen-bond donors (Lipinski definition) is 0. The zero-order valence-corrected chi connectivity index (χ0v) is 16.3. The molecule has 0 saturated carbocycles. The van der Waals surface area contributed by atoms with Gasteiger partial charge in [-0.05, 0) is 18.2 Å². The van der Waals surface area contributed by atoms with Crippen molar-refractivity contribution in [2.45, 2.75) is 0 Å². The number of hydrogen-bond acceptors (Lipinski definition) is 6. The predicted molar refractivity (Wildman–Crippen MR) is 106 cm³/mol. The molecule has 0 N–H and O–H groups in total. The molecule has 7 nitrogen and oxygen atoms in total. The van der Waals surface area contributed by atoms with Gasteiger partial charge in [0.2, 0.25) is 0 Å². The minimum absolute atomic E-state index is 0.0616. The van der Waals surface area contributed by atoms with Crippen LogP contribution in [-0.2, 0) is 0 Å². The van der Waals surface area contributed by atoms with E-state index in [-0.39, 0.29) is 21.8 Å². The molecule has 1 aromatic heterocycles. The zero-order chi connectivity index (χ0) is 20.7. The highest BCUT2D eigenvalue weighted by Gasteiger charge is 2.29. The van der Waals surface area contributed by atoms with Gasteiger partial charge in [-0.25, -0.2) is 13.8 Å². The number of nitro benzene ring substituents is 1. The Morgan fingerprint density at radius 3 is 2.59 bits per heavy atom. The first-order valence-electron chi connectivity index (χ1n) is 8.57. The minimum atomic E-state index is -0.718. The maximum absolute atomic E-state index is 13.9. The van der Waals surface area contributed by atoms with Gasteiger partial charge in [0.1, 0.15) is 16.9 Å². The van der Waals surface area contributed by atoms with Gasteiger partial charge in [0.05, 0.1) is 9.62 Å². The molecule has 1 aliphatic heterocycles. The van der Waals surface area contributed by atoms with Crippen molar-refractivity contribution in [2.75, 3.05) is 31.1 Å². The van der Waals surface area contributed by atoms with Crippen molar-refractivity contribution in [3.8, 4) is 0 Å². The standard InChI is InChI=1S/C18H13ClF2N4O3S/c19-10-1-2-14(25(27)28)12(7-10)17(26)23-3-5-24(6-4-23)18-22-16-13(21)8-11(20)9-15(16)29-18/h1-2,7-9H,3-6H2. The smallest absolute Gasteiger partial charge is 0.282 e. The molecule has 2 aromatic carbocycles. The van der Waals surface area contributed by atoms with E-state index in [1.807, 2.05) is 4.90 Å². The maximum atomic E-state index is 13.9. The number of carbonyl (C=O) groups is 1. The van der Waals surface area contributed by atoms with E-state index in [1.165, 1.54) is 40.5 Å². The summed E-state index contributed by atoms with van der Waals surface area (Å²) >= 11 is 7.08. The highest BCUT2D eigenvalue weighted by molar-refractivity contribution is 7.22. The van der Waals surface area contributed by atoms with Crippen LogP contribution < -0.4 is 4.90 Å². The van der Waals surface area contributed by atoms with Gasteiger partial charge in [-0.1, -0.05) is 22.9 Å². The second-order valence-corrected chi connectivity index (χ2v) is 7.87. The molecule has 1 fully saturated rings. The second-order valence-electron chi connectivity index (χ2n) is 6.43. The van der Waals surface area contributed by atoms with Crippen molar-refractivity contribution >= 4 is 49.9 Å². The number of nitrogens with zero attached hydrogens (tertiary/aromatic N) is 4. The molecule has 0 bridgehead atoms. The Morgan fingerprint density at radius 2 is 1.90 bits per heavy atom. The summed E-state index contributed by atoms with van der Waals surface area (Å²) in [6, 6.07) is 5.89. The summed E-state index contributed by atoms with van der Waals surface area (Å²) in [4.78, 5) is 31.0. The van der Waals surface area contributed by atoms with E-state index in [0.717, 1.165) is 6.07 Å². The van der Waals surface area contributed by atoms with Crippen LogP contribution in [0, 0.1) is 21.7 Å². The van der Waals surface area contributed by atoms with Gasteiger partial charge in [-0.2, -0.15) is 0 Å². The normalized spacial score (nSPS) is 14.4. The van der Waals surface area contributed by atoms with E-state index in [9.17, 15) is 23.7 Å². The monoisotopic (exact) mass is 438 g/mol. The number of benzene rings is 2. The lowest BCUT2D eigenvalue weighted by molar-refractivity contribution is -0.385. The number of nitro groups is 1. The fraction of sp³-hybridized carbons (Fsp3) is 0.222. The molecule has 0 unspecified atom stereocenters. The molecule has 1 saturated heterocycles. The van der Waals surface area contributed by atoms with Crippen LogP contribution in [0.5, 0.6) is 0 Å². The molecule has 3 aromatic rings. The van der Waals surface area contributed by atoms with Crippen molar-refractivity contribution in [2.24, 2.45) is 0 Å². The second kappa shape index (κ2) is 7.53. The molecule has 1 aliphatic rings. The number of thiazole rings is 1. The van der Waals surface area contributed by atoms with Gasteiger partial charge >= 0.3 is 0 Å². The van der Waals surface area contributed by atoms with Crippen molar-refractivity contribution < 1.29 is 18.5 Å². The average Bonchev–Trinajstić information content (AvgIpc) is 3.11. The van der Waals surface area contributed by atoms with Crippen LogP contribution >= 0.6 is 22.9 Å². The maximum Gasteiger partial charge on any atom is 0.282 e. The average molecular weight is 439 g/mol. The molecular weight excluding hydrogens is 426 g/mol. The number of carbonyl (C=O) groups excluding carboxylic acids is 1. The summed E-state index contributed by atoms with van der Waals surface area (Å²) in [5, 5.41) is 12.0. The molecule has 4 rings (SSSR count). The van der Waals surface area contributed by atoms with Gasteiger partial charge in [-0.15, -0.1) is 0 Å². The third-order valence-corrected chi connectivity index (χ3v) is 5.92. The summed E-state index contributed by atoms with van der Waals surface area (Å²) in [6.07, 6.45) is 0. The fourth-order valence-electron chi connectivity index (χ4n) is 3.19. The summed E-state index contributed by atoms with van der Waals surface area (Å²) in [5.74, 6) is -1.86. The fourth-order valence-corrected chi connectivity index (χ4v) is 4.42. The Bertz CT molecular complexity index is 1130. The number of amides is 1. The van der Waals surface area contributed by atoms with Crippen molar-refractivity contribution in [1.82, 2.24) is 9.88 Å². The van der Waals surface area contributed by atoms with E-state index in [0.29, 0.717) is 36.0 Å². The highest BCUT2D eigenvalue weighted by atomic mass is 35.5. The van der Waals surface area contributed by atoms with Crippen LogP contribution in [0.25, 0.3) is 10.2 Å². The van der Waals surface area contributed by atoms with Crippen LogP contribution in [0.4, 0.5) is 19.6 Å². The molecule has 0 spiro atoms. The third-order valence-electron chi connectivity index (χ3n) is 4.63. The first-order chi connectivity index (χ1) is 13.8. The van der Waals surface area contributed by atoms with Gasteiger partial charge in [0, 0.05) is 43.3 Å². The van der Waals surface area contributed by atoms with Crippen molar-refractivity contribution in [1.29, 1.82) is 0 Å². The van der Waals surface area contributed by atoms with E-state index in [2.05, 4.69) is 4.98 Å². The number of piperazine rings is 1. The largest absolute Gasteiger partial charge is 0.345 e. The molecule has 11 heteroatoms. The summed E-state index contributed by atoms with van der Waals surface area (Å²) in [6.45, 7) is 1.42. The van der Waals surface area contributed by atoms with Crippen molar-refractivity contribution in [3.63, 3.8) is 0 Å². The predicted octanol–water partition coefficient (Wildman–Crippen LogP) is 4.10. The molecule has 2 heterocycles. The summed E-state index contributed by atoms with van der Waals surface area (Å²) in [7, 11) is 0. The molecule has 0 aliphatic carbocycles. The summed E-state index contributed by atoms with van der Waals surface area (Å²) < 4.78 is 27.7. The van der Waals surface area contributed by atoms with E-state index >= 15 is 0 Å². The number of aromatic nitrogens is 1. The first-order valence-corrected chi connectivity index (χ1v) is 9.76. The number of fused-ring (bicyclic) bond motifs is 1. The third kappa shape index (κ3) is 3.73. The Balaban J connectivity index is 1.51. The lowest BCUT2D eigenvalue weighted by Crippen LogP contribution is -2.48. The van der Waals surface area contributed by atoms with Crippen LogP contribution in [0.2, 0.25) is 5.02 Å². The van der Waals surface area contributed by atoms with Crippen LogP contribution in [-0.4, -0.2) is 46.9 Å². The van der Waals surface area contributed by atoms with E-state index in [4.69, 9.17) is 11.6 Å². The lowest BCUT2D eigenvalue weighted by atomic mass is 10.1. The van der Waals surface area contributed by atoms with Crippen LogP contribution in [0.3, 0.4) is 0 Å². The molecule has 0 atom stereocenters. The van der Waals surface area contributed by atoms with Crippen LogP contribution in [0.1, 0.15) is 10.4 Å². The first kappa shape index (κ1) is 19.5. The van der Waals surface area contributed by atoms with Gasteiger partial charge < -0.3 is 9.80 Å².